The zero-order valence-electron chi connectivity index (χ0n) is 16.8. The standard InChI is InChI=1S/C25H20FN3O2/c26-21-11-3-1-8-19(21)16-29-23-18(9-5-13-27-23)15-20(25(29)31)24(30)28-14-6-10-17-7-2-4-12-22(17)28/h1-5,7-9,11-13,15H,6,10,14,16H2. The summed E-state index contributed by atoms with van der Waals surface area (Å²) in [5, 5.41) is 0.659. The van der Waals surface area contributed by atoms with E-state index in [1.807, 2.05) is 24.3 Å². The van der Waals surface area contributed by atoms with Crippen molar-refractivity contribution in [3.8, 4) is 0 Å². The van der Waals surface area contributed by atoms with Crippen molar-refractivity contribution in [2.24, 2.45) is 0 Å². The maximum atomic E-state index is 14.3. The molecule has 1 amide bonds. The number of carbonyl (C=O) groups excluding carboxylic acids is 1. The maximum absolute atomic E-state index is 14.3. The molecule has 31 heavy (non-hydrogen) atoms. The Morgan fingerprint density at radius 1 is 1.03 bits per heavy atom. The summed E-state index contributed by atoms with van der Waals surface area (Å²) in [6.45, 7) is 0.546. The molecule has 0 radical (unpaired) electrons. The summed E-state index contributed by atoms with van der Waals surface area (Å²) in [5.74, 6) is -0.745. The van der Waals surface area contributed by atoms with E-state index < -0.39 is 11.4 Å². The molecule has 2 aromatic heterocycles. The molecule has 0 bridgehead atoms. The Kier molecular flexibility index (Phi) is 4.82. The Hall–Kier alpha value is -3.80. The van der Waals surface area contributed by atoms with Crippen LogP contribution in [-0.4, -0.2) is 22.0 Å². The first-order valence-corrected chi connectivity index (χ1v) is 10.3. The van der Waals surface area contributed by atoms with Crippen molar-refractivity contribution < 1.29 is 9.18 Å². The third-order valence-corrected chi connectivity index (χ3v) is 5.72. The second-order valence-electron chi connectivity index (χ2n) is 7.65. The molecule has 3 heterocycles. The SMILES string of the molecule is O=C(c1cc2cccnc2n(Cc2ccccc2F)c1=O)N1CCCc2ccccc21. The van der Waals surface area contributed by atoms with Crippen LogP contribution in [0, 0.1) is 5.82 Å². The van der Waals surface area contributed by atoms with Crippen molar-refractivity contribution in [1.82, 2.24) is 9.55 Å². The van der Waals surface area contributed by atoms with Crippen molar-refractivity contribution in [3.63, 3.8) is 0 Å². The van der Waals surface area contributed by atoms with E-state index in [1.54, 1.807) is 47.5 Å². The van der Waals surface area contributed by atoms with Crippen LogP contribution in [-0.2, 0) is 13.0 Å². The second kappa shape index (κ2) is 7.80. The molecule has 0 aliphatic carbocycles. The number of aromatic nitrogens is 2. The highest BCUT2D eigenvalue weighted by Crippen LogP contribution is 2.28. The number of hydrogen-bond acceptors (Lipinski definition) is 3. The first-order chi connectivity index (χ1) is 15.1. The highest BCUT2D eigenvalue weighted by Gasteiger charge is 2.26. The van der Waals surface area contributed by atoms with Crippen LogP contribution in [0.1, 0.15) is 27.9 Å². The molecule has 0 fully saturated rings. The number of halogens is 1. The summed E-state index contributed by atoms with van der Waals surface area (Å²) < 4.78 is 15.7. The molecular weight excluding hydrogens is 393 g/mol. The summed E-state index contributed by atoms with van der Waals surface area (Å²) in [5.41, 5.74) is 2.31. The number of para-hydroxylation sites is 1. The predicted molar refractivity (Wildman–Crippen MR) is 118 cm³/mol. The van der Waals surface area contributed by atoms with Gasteiger partial charge in [-0.25, -0.2) is 9.37 Å². The van der Waals surface area contributed by atoms with Crippen molar-refractivity contribution in [2.45, 2.75) is 19.4 Å². The van der Waals surface area contributed by atoms with Crippen LogP contribution in [0.15, 0.2) is 77.7 Å². The summed E-state index contributed by atoms with van der Waals surface area (Å²) in [4.78, 5) is 33.0. The number of fused-ring (bicyclic) bond motifs is 2. The molecule has 5 rings (SSSR count). The fourth-order valence-electron chi connectivity index (χ4n) is 4.19. The lowest BCUT2D eigenvalue weighted by Gasteiger charge is -2.29. The van der Waals surface area contributed by atoms with Gasteiger partial charge in [0.1, 0.15) is 17.0 Å². The summed E-state index contributed by atoms with van der Waals surface area (Å²) in [7, 11) is 0. The van der Waals surface area contributed by atoms with Crippen LogP contribution in [0.5, 0.6) is 0 Å². The number of pyridine rings is 2. The second-order valence-corrected chi connectivity index (χ2v) is 7.65. The molecule has 0 atom stereocenters. The Balaban J connectivity index is 1.65. The number of anilines is 1. The van der Waals surface area contributed by atoms with E-state index in [-0.39, 0.29) is 18.0 Å². The van der Waals surface area contributed by atoms with E-state index in [4.69, 9.17) is 0 Å². The van der Waals surface area contributed by atoms with E-state index >= 15 is 0 Å². The average Bonchev–Trinajstić information content (AvgIpc) is 2.81. The molecule has 154 valence electrons. The maximum Gasteiger partial charge on any atom is 0.265 e. The highest BCUT2D eigenvalue weighted by molar-refractivity contribution is 6.07. The Morgan fingerprint density at radius 3 is 2.71 bits per heavy atom. The van der Waals surface area contributed by atoms with Crippen LogP contribution in [0.3, 0.4) is 0 Å². The lowest BCUT2D eigenvalue weighted by Crippen LogP contribution is -2.40. The number of rotatable bonds is 3. The van der Waals surface area contributed by atoms with Gasteiger partial charge in [0.2, 0.25) is 0 Å². The van der Waals surface area contributed by atoms with Gasteiger partial charge in [-0.1, -0.05) is 36.4 Å². The van der Waals surface area contributed by atoms with Gasteiger partial charge in [0, 0.05) is 29.4 Å². The molecule has 5 nitrogen and oxygen atoms in total. The molecule has 0 spiro atoms. The first kappa shape index (κ1) is 19.2. The predicted octanol–water partition coefficient (Wildman–Crippen LogP) is 4.18. The Labute approximate surface area is 178 Å². The van der Waals surface area contributed by atoms with E-state index in [2.05, 4.69) is 4.98 Å². The largest absolute Gasteiger partial charge is 0.308 e. The summed E-state index contributed by atoms with van der Waals surface area (Å²) in [6.07, 6.45) is 3.32. The van der Waals surface area contributed by atoms with Gasteiger partial charge < -0.3 is 4.90 Å². The lowest BCUT2D eigenvalue weighted by molar-refractivity contribution is 0.0983. The number of nitrogens with zero attached hydrogens (tertiary/aromatic N) is 3. The van der Waals surface area contributed by atoms with Crippen LogP contribution >= 0.6 is 0 Å². The zero-order valence-corrected chi connectivity index (χ0v) is 16.8. The molecule has 1 aliphatic rings. The molecule has 6 heteroatoms. The third kappa shape index (κ3) is 3.40. The van der Waals surface area contributed by atoms with Crippen molar-refractivity contribution >= 4 is 22.6 Å². The number of aryl methyl sites for hydroxylation is 1. The molecule has 1 aliphatic heterocycles. The monoisotopic (exact) mass is 413 g/mol. The molecule has 0 unspecified atom stereocenters. The van der Waals surface area contributed by atoms with Crippen molar-refractivity contribution in [3.05, 3.63) is 106 Å². The van der Waals surface area contributed by atoms with Crippen LogP contribution in [0.4, 0.5) is 10.1 Å². The van der Waals surface area contributed by atoms with Gasteiger partial charge >= 0.3 is 0 Å². The zero-order chi connectivity index (χ0) is 21.4. The highest BCUT2D eigenvalue weighted by atomic mass is 19.1. The topological polar surface area (TPSA) is 55.2 Å². The number of amides is 1. The van der Waals surface area contributed by atoms with E-state index in [0.717, 1.165) is 24.1 Å². The van der Waals surface area contributed by atoms with Crippen molar-refractivity contribution in [1.29, 1.82) is 0 Å². The fraction of sp³-hybridized carbons (Fsp3) is 0.160. The minimum Gasteiger partial charge on any atom is -0.308 e. The summed E-state index contributed by atoms with van der Waals surface area (Å²) in [6, 6.07) is 19.2. The third-order valence-electron chi connectivity index (χ3n) is 5.72. The molecular formula is C25H20FN3O2. The lowest BCUT2D eigenvalue weighted by atomic mass is 10.0. The van der Waals surface area contributed by atoms with Gasteiger partial charge in [-0.3, -0.25) is 14.2 Å². The Bertz CT molecular complexity index is 1360. The van der Waals surface area contributed by atoms with Gasteiger partial charge in [0.25, 0.3) is 11.5 Å². The molecule has 4 aromatic rings. The fourth-order valence-corrected chi connectivity index (χ4v) is 4.19. The number of hydrogen-bond donors (Lipinski definition) is 0. The van der Waals surface area contributed by atoms with Gasteiger partial charge in [0.05, 0.1) is 6.54 Å². The van der Waals surface area contributed by atoms with Gasteiger partial charge in [-0.2, -0.15) is 0 Å². The molecule has 0 saturated carbocycles. The van der Waals surface area contributed by atoms with Gasteiger partial charge in [-0.05, 0) is 48.7 Å². The van der Waals surface area contributed by atoms with Crippen LogP contribution in [0.2, 0.25) is 0 Å². The molecule has 0 N–H and O–H groups in total. The molecule has 2 aromatic carbocycles. The average molecular weight is 413 g/mol. The van der Waals surface area contributed by atoms with Gasteiger partial charge in [-0.15, -0.1) is 0 Å². The molecule has 0 saturated heterocycles. The van der Waals surface area contributed by atoms with E-state index in [9.17, 15) is 14.0 Å². The summed E-state index contributed by atoms with van der Waals surface area (Å²) >= 11 is 0. The Morgan fingerprint density at radius 2 is 1.84 bits per heavy atom. The number of carbonyl (C=O) groups is 1. The smallest absolute Gasteiger partial charge is 0.265 e. The van der Waals surface area contributed by atoms with Gasteiger partial charge in [0.15, 0.2) is 0 Å². The van der Waals surface area contributed by atoms with Crippen LogP contribution in [0.25, 0.3) is 11.0 Å². The van der Waals surface area contributed by atoms with E-state index in [0.29, 0.717) is 23.1 Å². The normalized spacial score (nSPS) is 13.3. The quantitative estimate of drug-likeness (QED) is 0.506. The van der Waals surface area contributed by atoms with E-state index in [1.165, 1.54) is 10.6 Å². The minimum atomic E-state index is -0.470. The number of benzene rings is 2. The minimum absolute atomic E-state index is 0.00325. The van der Waals surface area contributed by atoms with Crippen molar-refractivity contribution in [2.75, 3.05) is 11.4 Å². The first-order valence-electron chi connectivity index (χ1n) is 10.3. The van der Waals surface area contributed by atoms with Crippen LogP contribution < -0.4 is 10.5 Å².